The molecule has 1 unspecified atom stereocenters. The maximum absolute atomic E-state index is 13.0. The van der Waals surface area contributed by atoms with Crippen LogP contribution in [0, 0.1) is 0 Å². The van der Waals surface area contributed by atoms with Gasteiger partial charge < -0.3 is 9.80 Å². The van der Waals surface area contributed by atoms with E-state index >= 15 is 0 Å². The summed E-state index contributed by atoms with van der Waals surface area (Å²) in [5.41, 5.74) is -5.15. The third kappa shape index (κ3) is 3.84. The molecule has 0 spiro atoms. The number of hydrogen-bond acceptors (Lipinski definition) is 5. The highest BCUT2D eigenvalue weighted by atomic mass is 32.2. The number of halogens is 3. The Morgan fingerprint density at radius 1 is 1.04 bits per heavy atom. The van der Waals surface area contributed by atoms with E-state index in [1.807, 2.05) is 0 Å². The quantitative estimate of drug-likeness (QED) is 0.790. The van der Waals surface area contributed by atoms with Crippen LogP contribution in [0.15, 0.2) is 29.2 Å². The molecule has 26 heavy (non-hydrogen) atoms. The summed E-state index contributed by atoms with van der Waals surface area (Å²) in [5, 5.41) is 0. The highest BCUT2D eigenvalue weighted by molar-refractivity contribution is 7.92. The Bertz CT molecular complexity index is 731. The van der Waals surface area contributed by atoms with Gasteiger partial charge in [0, 0.05) is 38.8 Å². The topological polar surface area (TPSA) is 43.9 Å². The van der Waals surface area contributed by atoms with Crippen molar-refractivity contribution >= 4 is 15.5 Å². The smallest absolute Gasteiger partial charge is 0.368 e. The van der Waals surface area contributed by atoms with Crippen LogP contribution in [0.4, 0.5) is 18.9 Å². The van der Waals surface area contributed by atoms with Crippen molar-refractivity contribution in [3.05, 3.63) is 24.3 Å². The lowest BCUT2D eigenvalue weighted by Gasteiger charge is -2.43. The molecular formula is C17H24F3N3O2S. The van der Waals surface area contributed by atoms with Crippen molar-refractivity contribution in [3.63, 3.8) is 0 Å². The monoisotopic (exact) mass is 391 g/mol. The zero-order chi connectivity index (χ0) is 18.9. The molecule has 2 aliphatic heterocycles. The second-order valence-electron chi connectivity index (χ2n) is 7.00. The van der Waals surface area contributed by atoms with Gasteiger partial charge in [-0.1, -0.05) is 12.1 Å². The van der Waals surface area contributed by atoms with Crippen molar-refractivity contribution in [2.45, 2.75) is 29.3 Å². The Hall–Kier alpha value is -1.32. The van der Waals surface area contributed by atoms with E-state index in [2.05, 4.69) is 16.8 Å². The number of nitrogens with zero attached hydrogens (tertiary/aromatic N) is 3. The molecule has 146 valence electrons. The largest absolute Gasteiger partial charge is 0.501 e. The fraction of sp³-hybridized carbons (Fsp3) is 0.647. The SMILES string of the molecule is CN1CCCC(N2CCN(c3ccccc3S(=O)(=O)C(F)(F)F)CC2)C1. The maximum Gasteiger partial charge on any atom is 0.501 e. The van der Waals surface area contributed by atoms with Gasteiger partial charge in [0.15, 0.2) is 0 Å². The molecule has 3 rings (SSSR count). The van der Waals surface area contributed by atoms with Gasteiger partial charge >= 0.3 is 5.51 Å². The van der Waals surface area contributed by atoms with Crippen LogP contribution in [0.25, 0.3) is 0 Å². The van der Waals surface area contributed by atoms with Gasteiger partial charge in [0.1, 0.15) is 0 Å². The molecule has 2 aliphatic rings. The molecule has 1 aromatic carbocycles. The molecule has 1 aromatic rings. The minimum atomic E-state index is -5.36. The van der Waals surface area contributed by atoms with Gasteiger partial charge in [-0.15, -0.1) is 0 Å². The van der Waals surface area contributed by atoms with E-state index < -0.39 is 20.2 Å². The highest BCUT2D eigenvalue weighted by Gasteiger charge is 2.48. The van der Waals surface area contributed by atoms with Crippen molar-refractivity contribution in [2.24, 2.45) is 0 Å². The van der Waals surface area contributed by atoms with E-state index in [0.717, 1.165) is 45.1 Å². The number of likely N-dealkylation sites (N-methyl/N-ethyl adjacent to an activating group) is 1. The normalized spacial score (nSPS) is 24.0. The Balaban J connectivity index is 1.74. The Morgan fingerprint density at radius 3 is 2.31 bits per heavy atom. The molecule has 2 saturated heterocycles. The molecule has 0 bridgehead atoms. The number of alkyl halides is 3. The summed E-state index contributed by atoms with van der Waals surface area (Å²) >= 11 is 0. The molecule has 0 N–H and O–H groups in total. The number of rotatable bonds is 3. The molecule has 1 atom stereocenters. The molecule has 9 heteroatoms. The lowest BCUT2D eigenvalue weighted by atomic mass is 10.0. The second-order valence-corrected chi connectivity index (χ2v) is 8.91. The molecular weight excluding hydrogens is 367 g/mol. The minimum Gasteiger partial charge on any atom is -0.368 e. The minimum absolute atomic E-state index is 0.144. The maximum atomic E-state index is 13.0. The van der Waals surface area contributed by atoms with Crippen LogP contribution in [0.1, 0.15) is 12.8 Å². The lowest BCUT2D eigenvalue weighted by molar-refractivity contribution is -0.0435. The van der Waals surface area contributed by atoms with E-state index in [1.54, 1.807) is 11.0 Å². The van der Waals surface area contributed by atoms with Crippen molar-refractivity contribution in [1.82, 2.24) is 9.80 Å². The zero-order valence-corrected chi connectivity index (χ0v) is 15.6. The molecule has 0 aromatic heterocycles. The Morgan fingerprint density at radius 2 is 1.69 bits per heavy atom. The highest BCUT2D eigenvalue weighted by Crippen LogP contribution is 2.36. The number of piperidine rings is 1. The first-order chi connectivity index (χ1) is 12.2. The van der Waals surface area contributed by atoms with Gasteiger partial charge in [-0.05, 0) is 38.6 Å². The number of piperazine rings is 1. The van der Waals surface area contributed by atoms with E-state index in [1.165, 1.54) is 12.1 Å². The van der Waals surface area contributed by atoms with E-state index in [0.29, 0.717) is 19.1 Å². The van der Waals surface area contributed by atoms with Crippen LogP contribution < -0.4 is 4.90 Å². The Labute approximate surface area is 152 Å². The predicted molar refractivity (Wildman–Crippen MR) is 94.0 cm³/mol. The zero-order valence-electron chi connectivity index (χ0n) is 14.7. The van der Waals surface area contributed by atoms with Crippen LogP contribution in [0.5, 0.6) is 0 Å². The summed E-state index contributed by atoms with van der Waals surface area (Å²) in [6.07, 6.45) is 2.28. The van der Waals surface area contributed by atoms with Gasteiger partial charge in [-0.25, -0.2) is 8.42 Å². The van der Waals surface area contributed by atoms with E-state index in [9.17, 15) is 21.6 Å². The number of para-hydroxylation sites is 1. The van der Waals surface area contributed by atoms with Crippen molar-refractivity contribution in [3.8, 4) is 0 Å². The number of anilines is 1. The summed E-state index contributed by atoms with van der Waals surface area (Å²) in [5.74, 6) is 0. The number of hydrogen-bond donors (Lipinski definition) is 0. The number of likely N-dealkylation sites (tertiary alicyclic amines) is 1. The molecule has 0 amide bonds. The van der Waals surface area contributed by atoms with Crippen molar-refractivity contribution < 1.29 is 21.6 Å². The van der Waals surface area contributed by atoms with Crippen LogP contribution >= 0.6 is 0 Å². The first kappa shape index (κ1) is 19.4. The molecule has 2 fully saturated rings. The first-order valence-electron chi connectivity index (χ1n) is 8.78. The van der Waals surface area contributed by atoms with Gasteiger partial charge in [-0.2, -0.15) is 13.2 Å². The summed E-state index contributed by atoms with van der Waals surface area (Å²) in [7, 11) is -3.26. The standard InChI is InChI=1S/C17H24F3N3O2S/c1-21-8-4-5-14(13-21)22-9-11-23(12-10-22)15-6-2-3-7-16(15)26(24,25)17(18,19)20/h2-3,6-7,14H,4-5,8-13H2,1H3. The summed E-state index contributed by atoms with van der Waals surface area (Å²) in [6, 6.07) is 5.87. The molecule has 0 radical (unpaired) electrons. The van der Waals surface area contributed by atoms with Crippen LogP contribution in [0.2, 0.25) is 0 Å². The van der Waals surface area contributed by atoms with E-state index in [4.69, 9.17) is 0 Å². The Kier molecular flexibility index (Phi) is 5.50. The average Bonchev–Trinajstić information content (AvgIpc) is 2.61. The summed E-state index contributed by atoms with van der Waals surface area (Å²) in [4.78, 5) is 5.76. The molecule has 0 aliphatic carbocycles. The predicted octanol–water partition coefficient (Wildman–Crippen LogP) is 2.20. The third-order valence-corrected chi connectivity index (χ3v) is 6.76. The second kappa shape index (κ2) is 7.36. The third-order valence-electron chi connectivity index (χ3n) is 5.23. The number of benzene rings is 1. The molecule has 0 saturated carbocycles. The van der Waals surface area contributed by atoms with Gasteiger partial charge in [0.25, 0.3) is 9.84 Å². The van der Waals surface area contributed by atoms with Crippen molar-refractivity contribution in [1.29, 1.82) is 0 Å². The number of sulfone groups is 1. The van der Waals surface area contributed by atoms with Gasteiger partial charge in [0.2, 0.25) is 0 Å². The fourth-order valence-electron chi connectivity index (χ4n) is 3.84. The molecule has 2 heterocycles. The van der Waals surface area contributed by atoms with Gasteiger partial charge in [0.05, 0.1) is 10.6 Å². The van der Waals surface area contributed by atoms with Crippen LogP contribution in [-0.2, 0) is 9.84 Å². The van der Waals surface area contributed by atoms with Crippen LogP contribution in [-0.4, -0.2) is 76.1 Å². The average molecular weight is 391 g/mol. The van der Waals surface area contributed by atoms with Crippen LogP contribution in [0.3, 0.4) is 0 Å². The molecule has 5 nitrogen and oxygen atoms in total. The van der Waals surface area contributed by atoms with Crippen molar-refractivity contribution in [2.75, 3.05) is 51.2 Å². The lowest BCUT2D eigenvalue weighted by Crippen LogP contribution is -2.54. The van der Waals surface area contributed by atoms with E-state index in [-0.39, 0.29) is 5.69 Å². The summed E-state index contributed by atoms with van der Waals surface area (Å²) < 4.78 is 62.8. The summed E-state index contributed by atoms with van der Waals surface area (Å²) in [6.45, 7) is 4.57. The fourth-order valence-corrected chi connectivity index (χ4v) is 4.82. The first-order valence-corrected chi connectivity index (χ1v) is 10.3. The van der Waals surface area contributed by atoms with Gasteiger partial charge in [-0.3, -0.25) is 4.90 Å².